The molecule has 0 saturated heterocycles. The normalized spacial score (nSPS) is 19.1. The van der Waals surface area contributed by atoms with Gasteiger partial charge in [-0.3, -0.25) is 0 Å². The van der Waals surface area contributed by atoms with Gasteiger partial charge in [0.2, 0.25) is 0 Å². The monoisotopic (exact) mass is 352 g/mol. The van der Waals surface area contributed by atoms with E-state index in [1.807, 2.05) is 30.3 Å². The third-order valence-electron chi connectivity index (χ3n) is 3.75. The standard InChI is InChI=1S/C15H22N2O2.C2H2O4/c16-14-8-4-7-13(9-14)10-17-15(18)19-11-12-5-2-1-3-6-12;3-1(4)2(5)6/h1-3,5-6,13-14H,4,7-11,16H2,(H,17,18);(H,3,4)(H,5,6)/t13-,14-;/m1./s1. The van der Waals surface area contributed by atoms with E-state index in [0.717, 1.165) is 31.2 Å². The molecule has 1 aromatic rings. The number of alkyl carbamates (subject to hydrolysis) is 1. The molecule has 138 valence electrons. The molecule has 0 bridgehead atoms. The van der Waals surface area contributed by atoms with E-state index in [4.69, 9.17) is 30.3 Å². The van der Waals surface area contributed by atoms with Crippen molar-refractivity contribution in [2.45, 2.75) is 38.3 Å². The first-order valence-electron chi connectivity index (χ1n) is 8.04. The van der Waals surface area contributed by atoms with Gasteiger partial charge in [-0.05, 0) is 30.7 Å². The SMILES string of the molecule is N[C@@H]1CCC[C@@H](CNC(=O)OCc2ccccc2)C1.O=C(O)C(=O)O. The van der Waals surface area contributed by atoms with E-state index in [1.54, 1.807) is 0 Å². The molecule has 1 amide bonds. The fourth-order valence-corrected chi connectivity index (χ4v) is 2.52. The molecule has 0 heterocycles. The molecule has 2 rings (SSSR count). The van der Waals surface area contributed by atoms with Crippen LogP contribution >= 0.6 is 0 Å². The number of hydrogen-bond acceptors (Lipinski definition) is 5. The Morgan fingerprint density at radius 3 is 2.32 bits per heavy atom. The van der Waals surface area contributed by atoms with Gasteiger partial charge in [0.05, 0.1) is 0 Å². The van der Waals surface area contributed by atoms with Crippen molar-refractivity contribution in [3.05, 3.63) is 35.9 Å². The first-order valence-corrected chi connectivity index (χ1v) is 8.04. The number of ether oxygens (including phenoxy) is 1. The first-order chi connectivity index (χ1) is 11.9. The van der Waals surface area contributed by atoms with E-state index in [0.29, 0.717) is 25.1 Å². The second-order valence-electron chi connectivity index (χ2n) is 5.85. The number of aliphatic carboxylic acids is 2. The Balaban J connectivity index is 0.000000450. The van der Waals surface area contributed by atoms with Gasteiger partial charge < -0.3 is 26.0 Å². The summed E-state index contributed by atoms with van der Waals surface area (Å²) >= 11 is 0. The third kappa shape index (κ3) is 9.31. The van der Waals surface area contributed by atoms with Crippen LogP contribution in [0.25, 0.3) is 0 Å². The fraction of sp³-hybridized carbons (Fsp3) is 0.471. The van der Waals surface area contributed by atoms with Gasteiger partial charge in [-0.1, -0.05) is 36.8 Å². The summed E-state index contributed by atoms with van der Waals surface area (Å²) in [4.78, 5) is 29.8. The third-order valence-corrected chi connectivity index (χ3v) is 3.75. The van der Waals surface area contributed by atoms with E-state index in [-0.39, 0.29) is 6.09 Å². The Morgan fingerprint density at radius 2 is 1.76 bits per heavy atom. The first kappa shape index (κ1) is 20.4. The number of amides is 1. The Hall–Kier alpha value is -2.61. The highest BCUT2D eigenvalue weighted by molar-refractivity contribution is 6.27. The van der Waals surface area contributed by atoms with E-state index in [2.05, 4.69) is 5.32 Å². The number of carbonyl (C=O) groups excluding carboxylic acids is 1. The quantitative estimate of drug-likeness (QED) is 0.603. The predicted molar refractivity (Wildman–Crippen MR) is 89.8 cm³/mol. The maximum Gasteiger partial charge on any atom is 0.414 e. The molecular formula is C17H24N2O6. The molecule has 5 N–H and O–H groups in total. The zero-order valence-corrected chi connectivity index (χ0v) is 13.9. The predicted octanol–water partition coefficient (Wildman–Crippen LogP) is 1.59. The van der Waals surface area contributed by atoms with Crippen LogP contribution in [0.4, 0.5) is 4.79 Å². The van der Waals surface area contributed by atoms with Crippen LogP contribution in [0.2, 0.25) is 0 Å². The summed E-state index contributed by atoms with van der Waals surface area (Å²) in [5, 5.41) is 17.6. The average Bonchev–Trinajstić information content (AvgIpc) is 2.59. The van der Waals surface area contributed by atoms with Crippen LogP contribution in [-0.2, 0) is 20.9 Å². The van der Waals surface area contributed by atoms with Gasteiger partial charge >= 0.3 is 18.0 Å². The van der Waals surface area contributed by atoms with Crippen LogP contribution in [0.5, 0.6) is 0 Å². The number of carboxylic acid groups (broad SMARTS) is 2. The molecule has 1 aliphatic rings. The maximum absolute atomic E-state index is 11.6. The summed E-state index contributed by atoms with van der Waals surface area (Å²) in [6, 6.07) is 9.97. The van der Waals surface area contributed by atoms with E-state index >= 15 is 0 Å². The molecule has 1 saturated carbocycles. The number of rotatable bonds is 4. The average molecular weight is 352 g/mol. The van der Waals surface area contributed by atoms with Crippen molar-refractivity contribution in [1.29, 1.82) is 0 Å². The van der Waals surface area contributed by atoms with Crippen LogP contribution < -0.4 is 11.1 Å². The van der Waals surface area contributed by atoms with Crippen LogP contribution in [-0.4, -0.2) is 40.8 Å². The molecule has 25 heavy (non-hydrogen) atoms. The van der Waals surface area contributed by atoms with E-state index in [1.165, 1.54) is 0 Å². The summed E-state index contributed by atoms with van der Waals surface area (Å²) in [6.45, 7) is 0.984. The minimum atomic E-state index is -1.82. The number of hydrogen-bond donors (Lipinski definition) is 4. The molecule has 1 aliphatic carbocycles. The number of nitrogens with two attached hydrogens (primary N) is 1. The highest BCUT2D eigenvalue weighted by Gasteiger charge is 2.19. The lowest BCUT2D eigenvalue weighted by Gasteiger charge is -2.26. The summed E-state index contributed by atoms with van der Waals surface area (Å²) in [5.41, 5.74) is 6.92. The number of carboxylic acids is 2. The Kier molecular flexibility index (Phi) is 9.02. The molecule has 0 radical (unpaired) electrons. The van der Waals surface area contributed by atoms with Crippen molar-refractivity contribution >= 4 is 18.0 Å². The number of nitrogens with one attached hydrogen (secondary N) is 1. The second kappa shape index (κ2) is 11.0. The molecule has 0 aliphatic heterocycles. The van der Waals surface area contributed by atoms with Crippen molar-refractivity contribution in [2.24, 2.45) is 11.7 Å². The second-order valence-corrected chi connectivity index (χ2v) is 5.85. The zero-order valence-electron chi connectivity index (χ0n) is 13.9. The van der Waals surface area contributed by atoms with E-state index in [9.17, 15) is 4.79 Å². The highest BCUT2D eigenvalue weighted by Crippen LogP contribution is 2.22. The number of benzene rings is 1. The Morgan fingerprint density at radius 1 is 1.12 bits per heavy atom. The van der Waals surface area contributed by atoms with E-state index < -0.39 is 11.9 Å². The van der Waals surface area contributed by atoms with Crippen molar-refractivity contribution in [1.82, 2.24) is 5.32 Å². The summed E-state index contributed by atoms with van der Waals surface area (Å²) in [7, 11) is 0. The van der Waals surface area contributed by atoms with Gasteiger partial charge in [-0.15, -0.1) is 0 Å². The topological polar surface area (TPSA) is 139 Å². The van der Waals surface area contributed by atoms with Gasteiger partial charge in [-0.2, -0.15) is 0 Å². The van der Waals surface area contributed by atoms with Gasteiger partial charge in [0.25, 0.3) is 0 Å². The lowest BCUT2D eigenvalue weighted by molar-refractivity contribution is -0.159. The van der Waals surface area contributed by atoms with Crippen molar-refractivity contribution in [3.63, 3.8) is 0 Å². The summed E-state index contributed by atoms with van der Waals surface area (Å²) in [6.07, 6.45) is 4.07. The molecular weight excluding hydrogens is 328 g/mol. The Labute approximate surface area is 146 Å². The summed E-state index contributed by atoms with van der Waals surface area (Å²) in [5.74, 6) is -3.15. The molecule has 0 aromatic heterocycles. The molecule has 1 aromatic carbocycles. The Bertz CT molecular complexity index is 552. The lowest BCUT2D eigenvalue weighted by Crippen LogP contribution is -2.35. The van der Waals surface area contributed by atoms with Crippen LogP contribution in [0.3, 0.4) is 0 Å². The molecule has 0 unspecified atom stereocenters. The maximum atomic E-state index is 11.6. The number of carbonyl (C=O) groups is 3. The van der Waals surface area contributed by atoms with Crippen LogP contribution in [0.1, 0.15) is 31.2 Å². The molecule has 8 nitrogen and oxygen atoms in total. The lowest BCUT2D eigenvalue weighted by atomic mass is 9.86. The van der Waals surface area contributed by atoms with Gasteiger partial charge in [-0.25, -0.2) is 14.4 Å². The minimum absolute atomic E-state index is 0.292. The molecule has 2 atom stereocenters. The van der Waals surface area contributed by atoms with Gasteiger partial charge in [0.1, 0.15) is 6.61 Å². The molecule has 0 spiro atoms. The van der Waals surface area contributed by atoms with Crippen molar-refractivity contribution in [2.75, 3.05) is 6.54 Å². The van der Waals surface area contributed by atoms with Crippen LogP contribution in [0, 0.1) is 5.92 Å². The fourth-order valence-electron chi connectivity index (χ4n) is 2.52. The summed E-state index contributed by atoms with van der Waals surface area (Å²) < 4.78 is 5.16. The zero-order chi connectivity index (χ0) is 18.7. The molecule has 8 heteroatoms. The minimum Gasteiger partial charge on any atom is -0.473 e. The smallest absolute Gasteiger partial charge is 0.414 e. The van der Waals surface area contributed by atoms with Crippen LogP contribution in [0.15, 0.2) is 30.3 Å². The molecule has 1 fully saturated rings. The van der Waals surface area contributed by atoms with Crippen molar-refractivity contribution < 1.29 is 29.3 Å². The highest BCUT2D eigenvalue weighted by atomic mass is 16.5. The van der Waals surface area contributed by atoms with Crippen molar-refractivity contribution in [3.8, 4) is 0 Å². The van der Waals surface area contributed by atoms with Gasteiger partial charge in [0, 0.05) is 12.6 Å². The largest absolute Gasteiger partial charge is 0.473 e. The van der Waals surface area contributed by atoms with Gasteiger partial charge in [0.15, 0.2) is 0 Å².